The molecule has 0 aliphatic rings. The molecule has 0 spiro atoms. The van der Waals surface area contributed by atoms with Crippen molar-refractivity contribution in [1.82, 2.24) is 0 Å². The van der Waals surface area contributed by atoms with Crippen LogP contribution in [0, 0.1) is 0 Å². The molecule has 2 N–H and O–H groups in total. The topological polar surface area (TPSA) is 155 Å². The van der Waals surface area contributed by atoms with Gasteiger partial charge in [-0.3, -0.25) is 23.4 Å². The number of phosphoric ester groups is 1. The summed E-state index contributed by atoms with van der Waals surface area (Å²) in [5.74, 6) is -1.57. The maximum atomic E-state index is 12.8. The van der Waals surface area contributed by atoms with Crippen LogP contribution >= 0.6 is 7.82 Å². The number of aliphatic hydroxyl groups excluding tert-OH is 1. The van der Waals surface area contributed by atoms with Gasteiger partial charge in [0, 0.05) is 19.3 Å². The van der Waals surface area contributed by atoms with E-state index >= 15 is 0 Å². The first-order valence-corrected chi connectivity index (χ1v) is 26.7. The fraction of sp³-hybridized carbons (Fsp3) is 0.750. The lowest BCUT2D eigenvalue weighted by molar-refractivity contribution is -0.161. The molecule has 0 radical (unpaired) electrons. The fourth-order valence-corrected chi connectivity index (χ4v) is 7.38. The zero-order valence-electron chi connectivity index (χ0n) is 40.5. The Balaban J connectivity index is 4.84. The van der Waals surface area contributed by atoms with Crippen LogP contribution in [0.4, 0.5) is 0 Å². The minimum absolute atomic E-state index is 0.104. The largest absolute Gasteiger partial charge is 0.472 e. The van der Waals surface area contributed by atoms with Crippen LogP contribution < -0.4 is 0 Å². The SMILES string of the molecule is CC/C=C\C/C=C\C/C=C\C/C=C\CCC(=O)OCC(COP(=O)(O)OCC(CO)OC(=O)CCCCCCCCCCCCC)OC(=O)CCCCCCC/C=C\CCCCCC. The Kier molecular flexibility index (Phi) is 44.6. The maximum absolute atomic E-state index is 12.8. The van der Waals surface area contributed by atoms with Crippen LogP contribution in [0.2, 0.25) is 0 Å². The van der Waals surface area contributed by atoms with Crippen molar-refractivity contribution in [2.24, 2.45) is 0 Å². The van der Waals surface area contributed by atoms with Crippen molar-refractivity contribution in [2.75, 3.05) is 26.4 Å². The molecule has 0 aromatic rings. The minimum atomic E-state index is -4.75. The van der Waals surface area contributed by atoms with Crippen molar-refractivity contribution < 1.29 is 52.2 Å². The number of unbranched alkanes of at least 4 members (excludes halogenated alkanes) is 19. The lowest BCUT2D eigenvalue weighted by Crippen LogP contribution is -2.30. The van der Waals surface area contributed by atoms with Gasteiger partial charge in [-0.1, -0.05) is 184 Å². The van der Waals surface area contributed by atoms with Crippen LogP contribution in [0.25, 0.3) is 0 Å². The van der Waals surface area contributed by atoms with Crippen LogP contribution in [-0.4, -0.2) is 66.5 Å². The molecule has 3 atom stereocenters. The Hall–Kier alpha value is -2.82. The number of ether oxygens (including phenoxy) is 3. The van der Waals surface area contributed by atoms with Gasteiger partial charge in [0.2, 0.25) is 0 Å². The van der Waals surface area contributed by atoms with Crippen molar-refractivity contribution in [1.29, 1.82) is 0 Å². The van der Waals surface area contributed by atoms with Crippen molar-refractivity contribution in [3.05, 3.63) is 60.8 Å². The smallest absolute Gasteiger partial charge is 0.462 e. The second-order valence-corrected chi connectivity index (χ2v) is 18.1. The summed E-state index contributed by atoms with van der Waals surface area (Å²) in [4.78, 5) is 48.1. The molecule has 11 nitrogen and oxygen atoms in total. The quantitative estimate of drug-likeness (QED) is 0.0197. The first-order valence-electron chi connectivity index (χ1n) is 25.2. The lowest BCUT2D eigenvalue weighted by atomic mass is 10.1. The van der Waals surface area contributed by atoms with E-state index in [1.165, 1.54) is 70.6 Å². The predicted octanol–water partition coefficient (Wildman–Crippen LogP) is 14.0. The van der Waals surface area contributed by atoms with Gasteiger partial charge in [0.25, 0.3) is 0 Å². The number of carbonyl (C=O) groups excluding carboxylic acids is 3. The summed E-state index contributed by atoms with van der Waals surface area (Å²) < 4.78 is 39.2. The van der Waals surface area contributed by atoms with Gasteiger partial charge in [-0.2, -0.15) is 0 Å². The normalized spacial score (nSPS) is 14.0. The third-order valence-corrected chi connectivity index (χ3v) is 11.4. The molecule has 3 unspecified atom stereocenters. The fourth-order valence-electron chi connectivity index (χ4n) is 6.60. The number of esters is 3. The van der Waals surface area contributed by atoms with Crippen LogP contribution in [-0.2, 0) is 42.2 Å². The summed E-state index contributed by atoms with van der Waals surface area (Å²) in [5.41, 5.74) is 0. The molecular weight excluding hydrogens is 832 g/mol. The lowest BCUT2D eigenvalue weighted by Gasteiger charge is -2.21. The molecule has 64 heavy (non-hydrogen) atoms. The summed E-state index contributed by atoms with van der Waals surface area (Å²) in [6, 6.07) is 0. The molecule has 0 saturated heterocycles. The number of hydrogen-bond acceptors (Lipinski definition) is 10. The van der Waals surface area contributed by atoms with Crippen LogP contribution in [0.15, 0.2) is 60.8 Å². The van der Waals surface area contributed by atoms with Gasteiger partial charge >= 0.3 is 25.7 Å². The van der Waals surface area contributed by atoms with Crippen molar-refractivity contribution >= 4 is 25.7 Å². The summed E-state index contributed by atoms with van der Waals surface area (Å²) >= 11 is 0. The summed E-state index contributed by atoms with van der Waals surface area (Å²) in [7, 11) is -4.75. The first kappa shape index (κ1) is 61.2. The van der Waals surface area contributed by atoms with E-state index in [9.17, 15) is 28.9 Å². The Bertz CT molecular complexity index is 1310. The van der Waals surface area contributed by atoms with Gasteiger partial charge in [0.05, 0.1) is 19.8 Å². The Labute approximate surface area is 389 Å². The third-order valence-electron chi connectivity index (χ3n) is 10.4. The molecule has 0 aromatic heterocycles. The van der Waals surface area contributed by atoms with E-state index in [2.05, 4.69) is 69.4 Å². The Morgan fingerprint density at radius 3 is 1.33 bits per heavy atom. The standard InChI is InChI=1S/C52H91O11P/c1-4-7-10-13-16-19-22-24-27-29-32-35-38-41-50(54)59-45-49(63-52(56)43-40-37-34-31-28-25-23-20-17-14-11-8-5-2)47-61-64(57,58)60-46-48(44-53)62-51(55)42-39-36-33-30-26-21-18-15-12-9-6-3/h7,10,16,19-20,23-24,27,32,35,48-49,53H,4-6,8-9,11-15,17-18,21-22,25-26,28-31,33-34,36-47H2,1-3H3,(H,57,58)/b10-7-,19-16-,23-20-,27-24-,35-32-. The van der Waals surface area contributed by atoms with Gasteiger partial charge < -0.3 is 24.2 Å². The Morgan fingerprint density at radius 2 is 0.844 bits per heavy atom. The number of carbonyl (C=O) groups is 3. The molecule has 0 aromatic carbocycles. The van der Waals surface area contributed by atoms with Crippen LogP contribution in [0.3, 0.4) is 0 Å². The number of aliphatic hydroxyl groups is 1. The highest BCUT2D eigenvalue weighted by molar-refractivity contribution is 7.47. The second-order valence-electron chi connectivity index (χ2n) is 16.6. The third kappa shape index (κ3) is 44.4. The summed E-state index contributed by atoms with van der Waals surface area (Å²) in [5, 5.41) is 9.75. The number of allylic oxidation sites excluding steroid dienone is 10. The highest BCUT2D eigenvalue weighted by Crippen LogP contribution is 2.43. The summed E-state index contributed by atoms with van der Waals surface area (Å²) in [6.45, 7) is 4.39. The number of hydrogen-bond donors (Lipinski definition) is 2. The zero-order valence-corrected chi connectivity index (χ0v) is 41.4. The molecule has 0 bridgehead atoms. The maximum Gasteiger partial charge on any atom is 0.472 e. The van der Waals surface area contributed by atoms with E-state index in [4.69, 9.17) is 23.3 Å². The molecule has 0 rings (SSSR count). The van der Waals surface area contributed by atoms with E-state index in [0.29, 0.717) is 19.3 Å². The van der Waals surface area contributed by atoms with Crippen LogP contribution in [0.1, 0.15) is 213 Å². The summed E-state index contributed by atoms with van der Waals surface area (Å²) in [6.07, 6.45) is 47.8. The van der Waals surface area contributed by atoms with Gasteiger partial charge in [0.15, 0.2) is 6.10 Å². The van der Waals surface area contributed by atoms with Crippen molar-refractivity contribution in [3.63, 3.8) is 0 Å². The molecule has 370 valence electrons. The highest BCUT2D eigenvalue weighted by atomic mass is 31.2. The van der Waals surface area contributed by atoms with Crippen molar-refractivity contribution in [2.45, 2.75) is 226 Å². The predicted molar refractivity (Wildman–Crippen MR) is 261 cm³/mol. The Morgan fingerprint density at radius 1 is 0.453 bits per heavy atom. The van der Waals surface area contributed by atoms with E-state index in [-0.39, 0.29) is 25.9 Å². The van der Waals surface area contributed by atoms with Gasteiger partial charge in [-0.15, -0.1) is 0 Å². The first-order chi connectivity index (χ1) is 31.2. The monoisotopic (exact) mass is 923 g/mol. The molecule has 0 fully saturated rings. The molecule has 0 amide bonds. The number of rotatable bonds is 46. The van der Waals surface area contributed by atoms with E-state index in [1.54, 1.807) is 0 Å². The average Bonchev–Trinajstić information content (AvgIpc) is 3.28. The van der Waals surface area contributed by atoms with Gasteiger partial charge in [-0.25, -0.2) is 4.57 Å². The van der Waals surface area contributed by atoms with Gasteiger partial charge in [0.1, 0.15) is 12.7 Å². The zero-order chi connectivity index (χ0) is 47.0. The molecule has 0 aliphatic heterocycles. The van der Waals surface area contributed by atoms with E-state index in [1.807, 2.05) is 12.2 Å². The van der Waals surface area contributed by atoms with Crippen molar-refractivity contribution in [3.8, 4) is 0 Å². The molecule has 0 saturated carbocycles. The second kappa shape index (κ2) is 46.7. The molecule has 0 aliphatic carbocycles. The van der Waals surface area contributed by atoms with E-state index < -0.39 is 57.8 Å². The molecular formula is C52H91O11P. The average molecular weight is 923 g/mol. The van der Waals surface area contributed by atoms with E-state index in [0.717, 1.165) is 83.5 Å². The molecule has 0 heterocycles. The highest BCUT2D eigenvalue weighted by Gasteiger charge is 2.28. The molecule has 12 heteroatoms. The number of phosphoric acid groups is 1. The van der Waals surface area contributed by atoms with Crippen LogP contribution in [0.5, 0.6) is 0 Å². The minimum Gasteiger partial charge on any atom is -0.462 e. The van der Waals surface area contributed by atoms with Gasteiger partial charge in [-0.05, 0) is 70.6 Å².